The SMILES string of the molecule is CC(=O)O[C@H]1[C@H](O[C@@H]2O[C@H](COCc3ccccc3)[C@@H](OCc3ccccc3)[C@H](OCc3ccccc3)[C@H]2N2C(=O)c3ccccc3C2=O)[C@@H](COCc2ccccc2)O[C@@H](OCc2ccccc2)[C@@H]1N1C(=O)c2c(Cl)c(Cl)c(Cl)c(Cl)c2C1=O. The van der Waals surface area contributed by atoms with Crippen molar-refractivity contribution in [2.75, 3.05) is 13.2 Å². The van der Waals surface area contributed by atoms with Crippen molar-refractivity contribution in [3.05, 3.63) is 246 Å². The van der Waals surface area contributed by atoms with Gasteiger partial charge in [0.05, 0.1) is 88.6 Å². The average Bonchev–Trinajstić information content (AvgIpc) is 1.90. The smallest absolute Gasteiger partial charge is 0.303 e. The topological polar surface area (TPSA) is 175 Å². The molecule has 10 atom stereocenters. The summed E-state index contributed by atoms with van der Waals surface area (Å²) in [5.41, 5.74) is 3.31. The second kappa shape index (κ2) is 27.2. The van der Waals surface area contributed by atoms with Gasteiger partial charge < -0.3 is 42.6 Å². The number of carbonyl (C=O) groups excluding carboxylic acids is 5. The summed E-state index contributed by atoms with van der Waals surface area (Å²) in [6, 6.07) is 49.6. The fourth-order valence-corrected chi connectivity index (χ4v) is 12.0. The molecule has 0 spiro atoms. The molecule has 20 heteroatoms. The molecular weight excluding hydrogens is 1170 g/mol. The number of imide groups is 2. The number of rotatable bonds is 22. The predicted octanol–water partition coefficient (Wildman–Crippen LogP) is 11.5. The van der Waals surface area contributed by atoms with Crippen molar-refractivity contribution in [3.8, 4) is 0 Å². The molecule has 7 aromatic carbocycles. The van der Waals surface area contributed by atoms with Crippen LogP contribution in [0.15, 0.2) is 176 Å². The second-order valence-corrected chi connectivity index (χ2v) is 22.1. The van der Waals surface area contributed by atoms with Crippen LogP contribution in [-0.4, -0.2) is 114 Å². The Kier molecular flexibility index (Phi) is 19.2. The molecule has 2 saturated heterocycles. The molecule has 0 aliphatic carbocycles. The normalized spacial score (nSPS) is 23.7. The highest BCUT2D eigenvalue weighted by Gasteiger charge is 2.61. The lowest BCUT2D eigenvalue weighted by Gasteiger charge is -2.52. The quantitative estimate of drug-likeness (QED) is 0.0271. The van der Waals surface area contributed by atoms with Crippen molar-refractivity contribution in [1.82, 2.24) is 9.80 Å². The van der Waals surface area contributed by atoms with Crippen LogP contribution in [-0.2, 0) is 80.5 Å². The second-order valence-electron chi connectivity index (χ2n) is 20.6. The summed E-state index contributed by atoms with van der Waals surface area (Å²) in [4.78, 5) is 76.4. The van der Waals surface area contributed by atoms with Crippen LogP contribution in [0.2, 0.25) is 20.1 Å². The Morgan fingerprint density at radius 1 is 0.412 bits per heavy atom. The van der Waals surface area contributed by atoms with Crippen LogP contribution in [0.25, 0.3) is 0 Å². The van der Waals surface area contributed by atoms with Gasteiger partial charge in [-0.05, 0) is 39.9 Å². The van der Waals surface area contributed by atoms with E-state index in [0.717, 1.165) is 39.0 Å². The summed E-state index contributed by atoms with van der Waals surface area (Å²) in [6.45, 7) is 0.674. The van der Waals surface area contributed by atoms with Crippen LogP contribution in [0.4, 0.5) is 0 Å². The Bertz CT molecular complexity index is 3440. The minimum atomic E-state index is -1.75. The molecule has 2 fully saturated rings. The Hall–Kier alpha value is -6.87. The largest absolute Gasteiger partial charge is 0.457 e. The summed E-state index contributed by atoms with van der Waals surface area (Å²) in [7, 11) is 0. The van der Waals surface area contributed by atoms with E-state index in [0.29, 0.717) is 5.56 Å². The Morgan fingerprint density at radius 3 is 1.20 bits per heavy atom. The molecule has 11 rings (SSSR count). The molecule has 0 bridgehead atoms. The van der Waals surface area contributed by atoms with E-state index < -0.39 is 90.9 Å². The number of ether oxygens (including phenoxy) is 9. The number of esters is 1. The fourth-order valence-electron chi connectivity index (χ4n) is 11.0. The van der Waals surface area contributed by atoms with Crippen LogP contribution in [0.1, 0.15) is 76.2 Å². The third-order valence-electron chi connectivity index (χ3n) is 15.0. The summed E-state index contributed by atoms with van der Waals surface area (Å²) in [6.07, 6.45) is -11.6. The molecule has 7 aromatic rings. The zero-order valence-corrected chi connectivity index (χ0v) is 48.6. The third-order valence-corrected chi connectivity index (χ3v) is 16.8. The first-order valence-corrected chi connectivity index (χ1v) is 28.9. The van der Waals surface area contributed by atoms with Crippen molar-refractivity contribution < 1.29 is 66.6 Å². The summed E-state index contributed by atoms with van der Waals surface area (Å²) in [5, 5.41) is -1.29. The van der Waals surface area contributed by atoms with Gasteiger partial charge in [0.2, 0.25) is 0 Å². The molecule has 4 aliphatic heterocycles. The van der Waals surface area contributed by atoms with E-state index in [9.17, 15) is 4.79 Å². The lowest BCUT2D eigenvalue weighted by Crippen LogP contribution is -2.71. The van der Waals surface area contributed by atoms with E-state index in [2.05, 4.69) is 0 Å². The maximum atomic E-state index is 15.2. The molecule has 438 valence electrons. The van der Waals surface area contributed by atoms with E-state index in [1.54, 1.807) is 48.5 Å². The van der Waals surface area contributed by atoms with Crippen LogP contribution in [0, 0.1) is 0 Å². The molecule has 85 heavy (non-hydrogen) atoms. The number of hydrogen-bond acceptors (Lipinski definition) is 14. The van der Waals surface area contributed by atoms with E-state index in [1.165, 1.54) is 0 Å². The fraction of sp³-hybridized carbons (Fsp3) is 0.277. The average molecular weight is 1230 g/mol. The summed E-state index contributed by atoms with van der Waals surface area (Å²) >= 11 is 26.6. The Labute approximate surface area is 510 Å². The monoisotopic (exact) mass is 1230 g/mol. The zero-order valence-electron chi connectivity index (χ0n) is 45.6. The molecule has 0 radical (unpaired) electrons. The van der Waals surface area contributed by atoms with Gasteiger partial charge in [-0.3, -0.25) is 33.8 Å². The van der Waals surface area contributed by atoms with Crippen LogP contribution >= 0.6 is 46.4 Å². The molecule has 0 N–H and O–H groups in total. The van der Waals surface area contributed by atoms with E-state index in [4.69, 9.17) is 89.0 Å². The molecule has 4 heterocycles. The van der Waals surface area contributed by atoms with E-state index in [1.807, 2.05) is 127 Å². The van der Waals surface area contributed by atoms with Crippen LogP contribution < -0.4 is 0 Å². The molecular formula is C65H56Cl4N2O14. The first kappa shape index (κ1) is 59.8. The molecule has 16 nitrogen and oxygen atoms in total. The number of benzene rings is 7. The van der Waals surface area contributed by atoms with Gasteiger partial charge >= 0.3 is 5.97 Å². The van der Waals surface area contributed by atoms with Crippen molar-refractivity contribution in [2.45, 2.75) is 101 Å². The number of fused-ring (bicyclic) bond motifs is 2. The highest BCUT2D eigenvalue weighted by Crippen LogP contribution is 2.47. The standard InChI is InChI=1S/C65H56Cl4N2O14/c1-38(72)82-59-55(71-62(75)48-49(63(71)76)51(67)53(69)52(68)50(48)66)64(81-35-43-27-15-6-16-28-43)83-47(37-78-32-40-21-9-3-10-22-40)57(59)85-65-54(70-60(73)44-29-17-18-30-45(44)61(70)74)58(80-34-42-25-13-5-14-26-42)56(79-33-41-23-11-4-12-24-41)46(84-65)36-77-31-39-19-7-2-8-20-39/h2-30,46-47,54-59,64-65H,31-37H2,1H3/t46-,47-,54-,55-,56-,57-,58-,59-,64-,65+/m1/s1. The minimum Gasteiger partial charge on any atom is -0.457 e. The maximum Gasteiger partial charge on any atom is 0.303 e. The number of halogens is 4. The third kappa shape index (κ3) is 13.0. The van der Waals surface area contributed by atoms with Gasteiger partial charge in [-0.25, -0.2) is 0 Å². The van der Waals surface area contributed by atoms with Gasteiger partial charge in [-0.2, -0.15) is 0 Å². The van der Waals surface area contributed by atoms with Gasteiger partial charge in [0, 0.05) is 6.92 Å². The highest BCUT2D eigenvalue weighted by atomic mass is 35.5. The van der Waals surface area contributed by atoms with E-state index >= 15 is 19.2 Å². The minimum absolute atomic E-state index is 0.0260. The van der Waals surface area contributed by atoms with Crippen molar-refractivity contribution >= 4 is 76.0 Å². The summed E-state index contributed by atoms with van der Waals surface area (Å²) < 4.78 is 61.3. The van der Waals surface area contributed by atoms with Crippen LogP contribution in [0.3, 0.4) is 0 Å². The molecule has 0 saturated carbocycles. The Balaban J connectivity index is 1.07. The first-order chi connectivity index (χ1) is 41.4. The van der Waals surface area contributed by atoms with E-state index in [-0.39, 0.29) is 88.6 Å². The van der Waals surface area contributed by atoms with Gasteiger partial charge in [-0.1, -0.05) is 210 Å². The number of carbonyl (C=O) groups is 5. The number of nitrogens with zero attached hydrogens (tertiary/aromatic N) is 2. The predicted molar refractivity (Wildman–Crippen MR) is 313 cm³/mol. The molecule has 0 unspecified atom stereocenters. The first-order valence-electron chi connectivity index (χ1n) is 27.4. The van der Waals surface area contributed by atoms with Crippen molar-refractivity contribution in [3.63, 3.8) is 0 Å². The van der Waals surface area contributed by atoms with Gasteiger partial charge in [0.1, 0.15) is 42.6 Å². The molecule has 4 amide bonds. The van der Waals surface area contributed by atoms with Crippen LogP contribution in [0.5, 0.6) is 0 Å². The van der Waals surface area contributed by atoms with Crippen molar-refractivity contribution in [2.24, 2.45) is 0 Å². The summed E-state index contributed by atoms with van der Waals surface area (Å²) in [5.74, 6) is -4.30. The van der Waals surface area contributed by atoms with Crippen molar-refractivity contribution in [1.29, 1.82) is 0 Å². The lowest BCUT2D eigenvalue weighted by molar-refractivity contribution is -0.349. The van der Waals surface area contributed by atoms with Gasteiger partial charge in [0.25, 0.3) is 23.6 Å². The molecule has 0 aromatic heterocycles. The number of hydrogen-bond donors (Lipinski definition) is 0. The number of amides is 4. The maximum absolute atomic E-state index is 15.2. The molecule has 4 aliphatic rings. The highest BCUT2D eigenvalue weighted by molar-refractivity contribution is 6.55. The van der Waals surface area contributed by atoms with Gasteiger partial charge in [-0.15, -0.1) is 0 Å². The zero-order chi connectivity index (χ0) is 59.1. The Morgan fingerprint density at radius 2 is 0.765 bits per heavy atom. The van der Waals surface area contributed by atoms with Gasteiger partial charge in [0.15, 0.2) is 18.7 Å². The lowest BCUT2D eigenvalue weighted by atomic mass is 9.92.